The molecular weight excluding hydrogens is 1000 g/mol. The lowest BCUT2D eigenvalue weighted by Crippen LogP contribution is -2.57. The summed E-state index contributed by atoms with van der Waals surface area (Å²) in [7, 11) is 5.86. The number of benzene rings is 10. The maximum absolute atomic E-state index is 6.99. The molecule has 0 spiro atoms. The van der Waals surface area contributed by atoms with E-state index in [-0.39, 0.29) is 16.6 Å². The lowest BCUT2D eigenvalue weighted by molar-refractivity contribution is -0.0872. The number of methoxy groups -OCH3 is 3. The molecule has 0 amide bonds. The van der Waals surface area contributed by atoms with Crippen molar-refractivity contribution in [3.05, 3.63) is 205 Å². The molecular formula is C76H73N3O3. The Balaban J connectivity index is 0.945. The second kappa shape index (κ2) is 18.0. The molecule has 6 heteroatoms. The number of hydrogen-bond donors (Lipinski definition) is 0. The quantitative estimate of drug-likeness (QED) is 0.134. The molecule has 3 aliphatic heterocycles. The van der Waals surface area contributed by atoms with Crippen molar-refractivity contribution in [1.29, 1.82) is 0 Å². The number of anilines is 6. The van der Waals surface area contributed by atoms with Crippen molar-refractivity contribution in [2.75, 3.05) is 36.0 Å². The predicted molar refractivity (Wildman–Crippen MR) is 339 cm³/mol. The first-order valence-corrected chi connectivity index (χ1v) is 30.5. The lowest BCUT2D eigenvalue weighted by atomic mass is 9.68. The van der Waals surface area contributed by atoms with Crippen LogP contribution in [0.15, 0.2) is 188 Å². The van der Waals surface area contributed by atoms with Crippen LogP contribution < -0.4 is 14.7 Å². The minimum Gasteiger partial charge on any atom is -0.371 e. The Morgan fingerprint density at radius 1 is 0.317 bits per heavy atom. The highest BCUT2D eigenvalue weighted by atomic mass is 16.5. The van der Waals surface area contributed by atoms with Crippen molar-refractivity contribution in [3.63, 3.8) is 0 Å². The maximum atomic E-state index is 6.99. The third-order valence-corrected chi connectivity index (χ3v) is 22.2. The first-order valence-electron chi connectivity index (χ1n) is 30.5. The van der Waals surface area contributed by atoms with Gasteiger partial charge >= 0.3 is 0 Å². The highest BCUT2D eigenvalue weighted by Gasteiger charge is 2.64. The van der Waals surface area contributed by atoms with E-state index in [1.54, 1.807) is 0 Å². The van der Waals surface area contributed by atoms with Gasteiger partial charge in [0.1, 0.15) is 16.8 Å². The average molecular weight is 1080 g/mol. The monoisotopic (exact) mass is 1080 g/mol. The summed E-state index contributed by atoms with van der Waals surface area (Å²) in [5.41, 5.74) is 16.5. The van der Waals surface area contributed by atoms with Gasteiger partial charge in [-0.25, -0.2) is 0 Å². The second-order valence-electron chi connectivity index (χ2n) is 25.6. The normalized spacial score (nSPS) is 27.2. The summed E-state index contributed by atoms with van der Waals surface area (Å²) in [5.74, 6) is 0. The molecule has 0 radical (unpaired) electrons. The summed E-state index contributed by atoms with van der Waals surface area (Å²) in [6, 6.07) is 72.0. The molecule has 82 heavy (non-hydrogen) atoms. The van der Waals surface area contributed by atoms with Crippen LogP contribution >= 0.6 is 0 Å². The minimum absolute atomic E-state index is 0.233. The molecule has 6 atom stereocenters. The van der Waals surface area contributed by atoms with Crippen molar-refractivity contribution in [3.8, 4) is 33.4 Å². The van der Waals surface area contributed by atoms with Gasteiger partial charge in [-0.1, -0.05) is 154 Å². The molecule has 3 aliphatic carbocycles. The van der Waals surface area contributed by atoms with E-state index in [0.29, 0.717) is 0 Å². The summed E-state index contributed by atoms with van der Waals surface area (Å²) in [6.45, 7) is 7.35. The van der Waals surface area contributed by atoms with Gasteiger partial charge in [-0.15, -0.1) is 0 Å². The van der Waals surface area contributed by atoms with Crippen LogP contribution in [0.2, 0.25) is 0 Å². The molecule has 0 bridgehead atoms. The maximum Gasteiger partial charge on any atom is 0.118 e. The van der Waals surface area contributed by atoms with Gasteiger partial charge in [0.15, 0.2) is 0 Å². The van der Waals surface area contributed by atoms with Crippen molar-refractivity contribution >= 4 is 66.4 Å². The summed E-state index contributed by atoms with van der Waals surface area (Å²) in [4.78, 5) is 7.85. The molecule has 0 N–H and O–H groups in total. The van der Waals surface area contributed by atoms with E-state index in [1.807, 2.05) is 21.3 Å². The zero-order valence-electron chi connectivity index (χ0n) is 48.4. The third-order valence-electron chi connectivity index (χ3n) is 22.2. The molecule has 3 fully saturated rings. The lowest BCUT2D eigenvalue weighted by Gasteiger charge is -2.50. The van der Waals surface area contributed by atoms with Gasteiger partial charge in [-0.05, 0) is 198 Å². The van der Waals surface area contributed by atoms with Crippen LogP contribution in [0, 0.1) is 0 Å². The first kappa shape index (κ1) is 50.3. The van der Waals surface area contributed by atoms with Gasteiger partial charge in [0, 0.05) is 72.1 Å². The highest BCUT2D eigenvalue weighted by molar-refractivity contribution is 6.30. The Hall–Kier alpha value is -7.48. The van der Waals surface area contributed by atoms with Crippen LogP contribution in [0.25, 0.3) is 65.7 Å². The van der Waals surface area contributed by atoms with E-state index in [2.05, 4.69) is 224 Å². The Morgan fingerprint density at radius 2 is 0.695 bits per heavy atom. The molecule has 6 aliphatic rings. The van der Waals surface area contributed by atoms with Crippen molar-refractivity contribution in [2.24, 2.45) is 0 Å². The first-order chi connectivity index (χ1) is 40.1. The van der Waals surface area contributed by atoms with Crippen LogP contribution in [-0.2, 0) is 31.0 Å². The fraction of sp³-hybridized carbons (Fsp3) is 0.316. The van der Waals surface area contributed by atoms with Crippen molar-refractivity contribution in [2.45, 2.75) is 131 Å². The summed E-state index contributed by atoms with van der Waals surface area (Å²) in [5, 5.41) is 7.64. The zero-order chi connectivity index (χ0) is 55.4. The number of para-hydroxylation sites is 3. The molecule has 6 unspecified atom stereocenters. The van der Waals surface area contributed by atoms with Gasteiger partial charge < -0.3 is 28.9 Å². The van der Waals surface area contributed by atoms with E-state index >= 15 is 0 Å². The highest BCUT2D eigenvalue weighted by Crippen LogP contribution is 2.65. The molecule has 0 aromatic heterocycles. The van der Waals surface area contributed by atoms with E-state index in [0.717, 1.165) is 57.8 Å². The standard InChI is InChI=1S/C76H73N3O3/c1-71-40-16-19-43-74(71,80-4)63-37-30-53(48-68(63)79(71)56-26-14-9-15-27-56)57-33-28-50-29-34-59-61(51-31-38-66-64(46-51)75(81-5)44-20-17-41-72(75,2)77(66)54-22-10-7-11-23-54)49-62(60-36-35-58(57)69(50)70(59)60)52-32-39-67-65(47-52)76(82-6)45-21-18-42-73(76,3)78(67)55-24-12-8-13-25-55/h7-15,22-39,46-49H,16-21,40-45H2,1-6H3. The molecule has 6 nitrogen and oxygen atoms in total. The molecule has 3 saturated carbocycles. The van der Waals surface area contributed by atoms with E-state index in [9.17, 15) is 0 Å². The Morgan fingerprint density at radius 3 is 1.16 bits per heavy atom. The van der Waals surface area contributed by atoms with Gasteiger partial charge in [0.2, 0.25) is 0 Å². The van der Waals surface area contributed by atoms with Crippen molar-refractivity contribution in [1.82, 2.24) is 0 Å². The molecule has 410 valence electrons. The molecule has 10 aromatic rings. The molecule has 0 saturated heterocycles. The van der Waals surface area contributed by atoms with Crippen LogP contribution in [0.5, 0.6) is 0 Å². The van der Waals surface area contributed by atoms with Gasteiger partial charge in [0.05, 0.1) is 16.6 Å². The second-order valence-corrected chi connectivity index (χ2v) is 25.6. The molecule has 16 rings (SSSR count). The Bertz CT molecular complexity index is 4030. The van der Waals surface area contributed by atoms with E-state index in [4.69, 9.17) is 14.2 Å². The fourth-order valence-corrected chi connectivity index (χ4v) is 18.5. The SMILES string of the molecule is COC12CCCCC1(C)N(c1ccccc1)c1cc(-c3ccc4ccc5c(-c6ccc7c(c6)C6(OC)CCCCC6(C)N7c6ccccc6)cc(-c6ccc7c(c6)C6(OC)CCCCC6(C)N7c6ccccc6)c6ccc3c4c56)ccc12. The third kappa shape index (κ3) is 6.36. The molecule has 10 aromatic carbocycles. The summed E-state index contributed by atoms with van der Waals surface area (Å²) >= 11 is 0. The number of nitrogens with zero attached hydrogens (tertiary/aromatic N) is 3. The van der Waals surface area contributed by atoms with Gasteiger partial charge in [0.25, 0.3) is 0 Å². The Kier molecular flexibility index (Phi) is 11.0. The number of fused-ring (bicyclic) bond motifs is 9. The zero-order valence-corrected chi connectivity index (χ0v) is 48.4. The average Bonchev–Trinajstić information content (AvgIpc) is 1.88. The fourth-order valence-electron chi connectivity index (χ4n) is 18.5. The summed E-state index contributed by atoms with van der Waals surface area (Å²) < 4.78 is 20.8. The van der Waals surface area contributed by atoms with Crippen LogP contribution in [0.4, 0.5) is 34.1 Å². The van der Waals surface area contributed by atoms with E-state index in [1.165, 1.54) is 136 Å². The topological polar surface area (TPSA) is 37.4 Å². The van der Waals surface area contributed by atoms with Gasteiger partial charge in [-0.2, -0.15) is 0 Å². The minimum atomic E-state index is -0.482. The largest absolute Gasteiger partial charge is 0.371 e. The molecule has 3 heterocycles. The Labute approximate surface area is 483 Å². The van der Waals surface area contributed by atoms with Crippen molar-refractivity contribution < 1.29 is 14.2 Å². The number of ether oxygens (including phenoxy) is 3. The number of rotatable bonds is 9. The van der Waals surface area contributed by atoms with Gasteiger partial charge in [-0.3, -0.25) is 0 Å². The predicted octanol–water partition coefficient (Wildman–Crippen LogP) is 19.6. The van der Waals surface area contributed by atoms with E-state index < -0.39 is 16.8 Å². The van der Waals surface area contributed by atoms with Crippen LogP contribution in [0.3, 0.4) is 0 Å². The van der Waals surface area contributed by atoms with Crippen LogP contribution in [-0.4, -0.2) is 37.9 Å². The van der Waals surface area contributed by atoms with Crippen LogP contribution in [0.1, 0.15) is 115 Å². The smallest absolute Gasteiger partial charge is 0.118 e. The summed E-state index contributed by atoms with van der Waals surface area (Å²) in [6.07, 6.45) is 13.0. The number of hydrogen-bond acceptors (Lipinski definition) is 6.